The van der Waals surface area contributed by atoms with Gasteiger partial charge in [-0.1, -0.05) is 39.7 Å². The molecule has 1 N–H and O–H groups in total. The van der Waals surface area contributed by atoms with E-state index in [1.54, 1.807) is 18.2 Å². The summed E-state index contributed by atoms with van der Waals surface area (Å²) < 4.78 is 27.1. The second-order valence-corrected chi connectivity index (χ2v) is 12.1. The maximum absolute atomic E-state index is 12.7. The minimum atomic E-state index is -0.513. The van der Waals surface area contributed by atoms with Crippen molar-refractivity contribution in [3.05, 3.63) is 127 Å². The molecular formula is C34H30Br2ClN3O5. The number of furan rings is 1. The van der Waals surface area contributed by atoms with Gasteiger partial charge in [0.05, 0.1) is 12.8 Å². The Balaban J connectivity index is 1.18. The van der Waals surface area contributed by atoms with E-state index in [9.17, 15) is 4.79 Å². The van der Waals surface area contributed by atoms with E-state index in [4.69, 9.17) is 30.2 Å². The normalized spacial score (nSPS) is 11.2. The van der Waals surface area contributed by atoms with Crippen LogP contribution in [0.1, 0.15) is 45.8 Å². The van der Waals surface area contributed by atoms with Crippen molar-refractivity contribution in [1.82, 2.24) is 9.99 Å². The number of nitrogens with zero attached hydrogens (tertiary/aromatic N) is 2. The minimum absolute atomic E-state index is 0.100. The van der Waals surface area contributed by atoms with Crippen molar-refractivity contribution < 1.29 is 23.4 Å². The van der Waals surface area contributed by atoms with Crippen molar-refractivity contribution in [3.8, 4) is 22.9 Å². The third-order valence-electron chi connectivity index (χ3n) is 6.75. The number of aromatic nitrogens is 1. The smallest absolute Gasteiger partial charge is 0.307 e. The first kappa shape index (κ1) is 32.4. The number of nitrogens with one attached hydrogen (secondary N) is 1. The summed E-state index contributed by atoms with van der Waals surface area (Å²) in [5.74, 6) is 1.63. The summed E-state index contributed by atoms with van der Waals surface area (Å²) in [7, 11) is 0. The van der Waals surface area contributed by atoms with Gasteiger partial charge in [-0.25, -0.2) is 5.43 Å². The Bertz CT molecular complexity index is 1800. The summed E-state index contributed by atoms with van der Waals surface area (Å²) in [5.41, 5.74) is 7.42. The maximum Gasteiger partial charge on any atom is 0.307 e. The van der Waals surface area contributed by atoms with Crippen LogP contribution in [0.4, 0.5) is 0 Å². The molecule has 5 rings (SSSR count). The van der Waals surface area contributed by atoms with Crippen LogP contribution in [0.2, 0.25) is 5.02 Å². The molecule has 0 saturated heterocycles. The highest BCUT2D eigenvalue weighted by Crippen LogP contribution is 2.42. The fourth-order valence-electron chi connectivity index (χ4n) is 4.55. The molecule has 45 heavy (non-hydrogen) atoms. The molecule has 0 fully saturated rings. The Hall–Kier alpha value is -3.99. The fraction of sp³-hybridized carbons (Fsp3) is 0.176. The van der Waals surface area contributed by atoms with Gasteiger partial charge in [-0.05, 0) is 109 Å². The summed E-state index contributed by atoms with van der Waals surface area (Å²) in [6, 6.07) is 24.8. The van der Waals surface area contributed by atoms with E-state index in [2.05, 4.69) is 72.9 Å². The summed E-state index contributed by atoms with van der Waals surface area (Å²) in [6.07, 6.45) is 1.46. The third kappa shape index (κ3) is 8.00. The van der Waals surface area contributed by atoms with Crippen LogP contribution in [-0.4, -0.2) is 23.3 Å². The summed E-state index contributed by atoms with van der Waals surface area (Å²) in [4.78, 5) is 12.7. The van der Waals surface area contributed by atoms with Crippen LogP contribution >= 0.6 is 43.5 Å². The lowest BCUT2D eigenvalue weighted by molar-refractivity contribution is 0.0923. The van der Waals surface area contributed by atoms with Crippen molar-refractivity contribution in [1.29, 1.82) is 0 Å². The molecule has 2 aromatic heterocycles. The molecule has 0 bridgehead atoms. The number of hydrazone groups is 1. The van der Waals surface area contributed by atoms with Gasteiger partial charge < -0.3 is 23.2 Å². The van der Waals surface area contributed by atoms with E-state index in [-0.39, 0.29) is 12.4 Å². The van der Waals surface area contributed by atoms with Crippen molar-refractivity contribution in [3.63, 3.8) is 0 Å². The largest absolute Gasteiger partial charge is 0.490 e. The predicted molar refractivity (Wildman–Crippen MR) is 182 cm³/mol. The summed E-state index contributed by atoms with van der Waals surface area (Å²) in [5, 5.41) is 4.41. The van der Waals surface area contributed by atoms with Crippen LogP contribution in [0.25, 0.3) is 5.69 Å². The Labute approximate surface area is 283 Å². The molecular weight excluding hydrogens is 726 g/mol. The van der Waals surface area contributed by atoms with Crippen molar-refractivity contribution >= 4 is 55.6 Å². The number of aryl methyl sites for hydroxylation is 2. The van der Waals surface area contributed by atoms with Crippen molar-refractivity contribution in [2.24, 2.45) is 5.10 Å². The highest BCUT2D eigenvalue weighted by atomic mass is 79.9. The van der Waals surface area contributed by atoms with Gasteiger partial charge in [-0.15, -0.1) is 0 Å². The molecule has 3 aromatic carbocycles. The van der Waals surface area contributed by atoms with E-state index < -0.39 is 5.91 Å². The maximum atomic E-state index is 12.7. The first-order valence-electron chi connectivity index (χ1n) is 14.1. The molecule has 0 radical (unpaired) electrons. The second-order valence-electron chi connectivity index (χ2n) is 9.97. The molecule has 5 aromatic rings. The van der Waals surface area contributed by atoms with Gasteiger partial charge in [0.25, 0.3) is 0 Å². The number of rotatable bonds is 12. The second kappa shape index (κ2) is 14.9. The molecule has 0 aliphatic rings. The van der Waals surface area contributed by atoms with Crippen LogP contribution in [-0.2, 0) is 13.2 Å². The fourth-order valence-corrected chi connectivity index (χ4v) is 5.46. The number of carbonyl (C=O) groups excluding carboxylic acids is 1. The molecule has 0 unspecified atom stereocenters. The molecule has 0 atom stereocenters. The molecule has 1 amide bonds. The highest BCUT2D eigenvalue weighted by molar-refractivity contribution is 9.10. The number of halogens is 3. The van der Waals surface area contributed by atoms with Gasteiger partial charge in [0.1, 0.15) is 29.7 Å². The lowest BCUT2D eigenvalue weighted by atomic mass is 10.2. The van der Waals surface area contributed by atoms with Gasteiger partial charge in [0.15, 0.2) is 17.3 Å². The van der Waals surface area contributed by atoms with Crippen LogP contribution in [0.15, 0.2) is 97.3 Å². The average Bonchev–Trinajstić information content (AvgIpc) is 3.65. The number of carbonyl (C=O) groups is 1. The Morgan fingerprint density at radius 1 is 0.933 bits per heavy atom. The Kier molecular flexibility index (Phi) is 10.7. The third-order valence-corrected chi connectivity index (χ3v) is 8.73. The highest BCUT2D eigenvalue weighted by Gasteiger charge is 2.18. The van der Waals surface area contributed by atoms with Gasteiger partial charge in [-0.2, -0.15) is 5.10 Å². The van der Waals surface area contributed by atoms with E-state index in [1.807, 2.05) is 55.5 Å². The van der Waals surface area contributed by atoms with E-state index >= 15 is 0 Å². The topological polar surface area (TPSA) is 87.2 Å². The quantitative estimate of drug-likeness (QED) is 0.101. The molecule has 8 nitrogen and oxygen atoms in total. The van der Waals surface area contributed by atoms with Gasteiger partial charge in [-0.3, -0.25) is 4.79 Å². The number of hydrogen-bond donors (Lipinski definition) is 1. The first-order chi connectivity index (χ1) is 21.7. The minimum Gasteiger partial charge on any atom is -0.490 e. The van der Waals surface area contributed by atoms with Crippen LogP contribution in [0, 0.1) is 13.8 Å². The number of benzene rings is 3. The van der Waals surface area contributed by atoms with Crippen molar-refractivity contribution in [2.45, 2.75) is 34.0 Å². The predicted octanol–water partition coefficient (Wildman–Crippen LogP) is 9.19. The monoisotopic (exact) mass is 753 g/mol. The van der Waals surface area contributed by atoms with Crippen LogP contribution < -0.4 is 19.6 Å². The lowest BCUT2D eigenvalue weighted by Gasteiger charge is -2.16. The van der Waals surface area contributed by atoms with E-state index in [1.165, 1.54) is 6.21 Å². The Morgan fingerprint density at radius 2 is 1.64 bits per heavy atom. The zero-order chi connectivity index (χ0) is 31.9. The van der Waals surface area contributed by atoms with Gasteiger partial charge >= 0.3 is 5.91 Å². The summed E-state index contributed by atoms with van der Waals surface area (Å²) >= 11 is 13.6. The van der Waals surface area contributed by atoms with Gasteiger partial charge in [0, 0.05) is 31.6 Å². The molecule has 11 heteroatoms. The first-order valence-corrected chi connectivity index (χ1v) is 16.0. The molecule has 0 saturated carbocycles. The van der Waals surface area contributed by atoms with Gasteiger partial charge in [0.2, 0.25) is 0 Å². The number of ether oxygens (including phenoxy) is 3. The molecule has 0 aliphatic carbocycles. The van der Waals surface area contributed by atoms with E-state index in [0.29, 0.717) is 51.3 Å². The van der Waals surface area contributed by atoms with Crippen LogP contribution in [0.3, 0.4) is 0 Å². The number of amides is 1. The molecule has 0 spiro atoms. The molecule has 2 heterocycles. The Morgan fingerprint density at radius 3 is 2.33 bits per heavy atom. The molecule has 232 valence electrons. The zero-order valence-corrected chi connectivity index (χ0v) is 28.7. The average molecular weight is 756 g/mol. The van der Waals surface area contributed by atoms with Crippen molar-refractivity contribution in [2.75, 3.05) is 6.61 Å². The zero-order valence-electron chi connectivity index (χ0n) is 24.8. The summed E-state index contributed by atoms with van der Waals surface area (Å²) in [6.45, 7) is 6.88. The van der Waals surface area contributed by atoms with E-state index in [0.717, 1.165) is 27.1 Å². The lowest BCUT2D eigenvalue weighted by Crippen LogP contribution is -2.16. The standard InChI is InChI=1S/C34H30Br2ClN3O5/c1-4-42-30-17-24(31(36)32(37)33(30)44-19-23-7-9-25(35)10-8-23)18-38-39-34(41)29-16-15-28(45-29)20-43-27-13-11-26(12-14-27)40-21(2)5-6-22(40)3/h5-18H,4,19-20H2,1-3H3,(H,39,41)/b38-18+. The van der Waals surface area contributed by atoms with Crippen LogP contribution in [0.5, 0.6) is 17.2 Å². The number of hydrogen-bond acceptors (Lipinski definition) is 6. The SMILES string of the molecule is CCOc1cc(/C=N/NC(=O)c2ccc(COc3ccc(-n4c(C)ccc4C)cc3)o2)c(Br)c(Cl)c1OCc1ccc(Br)cc1. The molecule has 0 aliphatic heterocycles.